The molecule has 7 atom stereocenters. The summed E-state index contributed by atoms with van der Waals surface area (Å²) in [7, 11) is 0. The summed E-state index contributed by atoms with van der Waals surface area (Å²) in [6, 6.07) is 0. The van der Waals surface area contributed by atoms with Crippen molar-refractivity contribution in [2.75, 3.05) is 0 Å². The second-order valence-corrected chi connectivity index (χ2v) is 11.8. The molecule has 4 rings (SSSR count). The normalized spacial score (nSPS) is 43.7. The van der Waals surface area contributed by atoms with Gasteiger partial charge in [-0.1, -0.05) is 77.2 Å². The SMILES string of the molecule is CC(C)CCC[C@@H](C)[C@@H]1CC[C@@H]2C3=CC=C4C[C@@H](O)CC[C@]4(C)[C@@H]3CC[C@@]21C. The van der Waals surface area contributed by atoms with E-state index in [1.165, 1.54) is 51.4 Å². The van der Waals surface area contributed by atoms with E-state index in [4.69, 9.17) is 0 Å². The molecule has 0 amide bonds. The van der Waals surface area contributed by atoms with Crippen molar-refractivity contribution in [3.8, 4) is 0 Å². The highest BCUT2D eigenvalue weighted by atomic mass is 16.3. The van der Waals surface area contributed by atoms with Gasteiger partial charge in [-0.3, -0.25) is 0 Å². The molecule has 0 aromatic carbocycles. The van der Waals surface area contributed by atoms with Crippen LogP contribution in [0.5, 0.6) is 0 Å². The van der Waals surface area contributed by atoms with Crippen molar-refractivity contribution in [2.24, 2.45) is 40.4 Å². The van der Waals surface area contributed by atoms with Crippen LogP contribution in [0.1, 0.15) is 98.8 Å². The van der Waals surface area contributed by atoms with Gasteiger partial charge >= 0.3 is 0 Å². The van der Waals surface area contributed by atoms with Crippen molar-refractivity contribution in [3.63, 3.8) is 0 Å². The Kier molecular flexibility index (Phi) is 5.62. The van der Waals surface area contributed by atoms with Gasteiger partial charge in [-0.05, 0) is 85.4 Å². The number of hydrogen-bond acceptors (Lipinski definition) is 1. The van der Waals surface area contributed by atoms with Gasteiger partial charge in [0.05, 0.1) is 6.10 Å². The molecule has 0 aliphatic heterocycles. The summed E-state index contributed by atoms with van der Waals surface area (Å²) in [5.41, 5.74) is 4.19. The predicted molar refractivity (Wildman–Crippen MR) is 119 cm³/mol. The maximum atomic E-state index is 10.2. The number of hydrogen-bond donors (Lipinski definition) is 1. The molecule has 0 spiro atoms. The van der Waals surface area contributed by atoms with Crippen LogP contribution >= 0.6 is 0 Å². The summed E-state index contributed by atoms with van der Waals surface area (Å²) in [6.45, 7) is 12.5. The lowest BCUT2D eigenvalue weighted by molar-refractivity contribution is 0.0323. The van der Waals surface area contributed by atoms with Gasteiger partial charge in [0.1, 0.15) is 0 Å². The van der Waals surface area contributed by atoms with Crippen LogP contribution in [0, 0.1) is 40.4 Å². The van der Waals surface area contributed by atoms with E-state index in [1.54, 1.807) is 11.1 Å². The largest absolute Gasteiger partial charge is 0.393 e. The van der Waals surface area contributed by atoms with Crippen LogP contribution in [0.15, 0.2) is 23.3 Å². The van der Waals surface area contributed by atoms with Gasteiger partial charge in [0, 0.05) is 0 Å². The highest BCUT2D eigenvalue weighted by Gasteiger charge is 2.56. The van der Waals surface area contributed by atoms with Crippen LogP contribution in [-0.4, -0.2) is 11.2 Å². The first-order chi connectivity index (χ1) is 13.3. The number of rotatable bonds is 5. The highest BCUT2D eigenvalue weighted by molar-refractivity contribution is 5.38. The molecule has 3 fully saturated rings. The number of aliphatic hydroxyl groups excluding tert-OH is 1. The lowest BCUT2D eigenvalue weighted by Gasteiger charge is -2.55. The average molecular weight is 385 g/mol. The maximum Gasteiger partial charge on any atom is 0.0578 e. The first-order valence-corrected chi connectivity index (χ1v) is 12.3. The fourth-order valence-electron chi connectivity index (χ4n) is 8.01. The van der Waals surface area contributed by atoms with Crippen LogP contribution in [0.3, 0.4) is 0 Å². The Hall–Kier alpha value is -0.560. The zero-order valence-corrected chi connectivity index (χ0v) is 19.1. The number of aliphatic hydroxyl groups is 1. The monoisotopic (exact) mass is 384 g/mol. The van der Waals surface area contributed by atoms with Crippen LogP contribution in [0.25, 0.3) is 0 Å². The minimum absolute atomic E-state index is 0.106. The van der Waals surface area contributed by atoms with Gasteiger partial charge in [0.2, 0.25) is 0 Å². The molecule has 0 aromatic heterocycles. The summed E-state index contributed by atoms with van der Waals surface area (Å²) in [5, 5.41) is 10.2. The van der Waals surface area contributed by atoms with Gasteiger partial charge in [0.15, 0.2) is 0 Å². The molecular formula is C27H44O. The first kappa shape index (κ1) is 20.7. The molecule has 4 aliphatic carbocycles. The van der Waals surface area contributed by atoms with Crippen molar-refractivity contribution in [1.82, 2.24) is 0 Å². The summed E-state index contributed by atoms with van der Waals surface area (Å²) >= 11 is 0. The van der Waals surface area contributed by atoms with Gasteiger partial charge in [-0.2, -0.15) is 0 Å². The molecule has 3 saturated carbocycles. The van der Waals surface area contributed by atoms with E-state index in [0.717, 1.165) is 42.4 Å². The zero-order chi connectivity index (χ0) is 20.1. The number of allylic oxidation sites excluding steroid dienone is 3. The summed E-state index contributed by atoms with van der Waals surface area (Å²) in [4.78, 5) is 0. The second-order valence-electron chi connectivity index (χ2n) is 11.8. The quantitative estimate of drug-likeness (QED) is 0.527. The van der Waals surface area contributed by atoms with Gasteiger partial charge in [-0.15, -0.1) is 0 Å². The first-order valence-electron chi connectivity index (χ1n) is 12.3. The summed E-state index contributed by atoms with van der Waals surface area (Å²) < 4.78 is 0. The second kappa shape index (κ2) is 7.60. The Morgan fingerprint density at radius 1 is 0.964 bits per heavy atom. The standard InChI is InChI=1S/C27H44O/c1-18(2)7-6-8-19(3)23-11-12-24-22-10-9-20-17-21(28)13-15-26(20,4)25(22)14-16-27(23,24)5/h9-10,18-19,21,23-25,28H,6-8,11-17H2,1-5H3/t19-,21+,23+,24-,25-,26+,27-/m1/s1. The molecule has 0 heterocycles. The average Bonchev–Trinajstić information content (AvgIpc) is 2.99. The predicted octanol–water partition coefficient (Wildman–Crippen LogP) is 7.31. The molecule has 0 unspecified atom stereocenters. The highest BCUT2D eigenvalue weighted by Crippen LogP contribution is 2.66. The third-order valence-electron chi connectivity index (χ3n) is 9.75. The molecule has 1 heteroatoms. The number of fused-ring (bicyclic) bond motifs is 5. The molecule has 0 radical (unpaired) electrons. The minimum Gasteiger partial charge on any atom is -0.393 e. The van der Waals surface area contributed by atoms with E-state index in [2.05, 4.69) is 46.8 Å². The van der Waals surface area contributed by atoms with Crippen molar-refractivity contribution in [3.05, 3.63) is 23.3 Å². The Balaban J connectivity index is 1.53. The van der Waals surface area contributed by atoms with E-state index in [0.29, 0.717) is 10.8 Å². The van der Waals surface area contributed by atoms with Gasteiger partial charge in [-0.25, -0.2) is 0 Å². The van der Waals surface area contributed by atoms with Crippen molar-refractivity contribution in [1.29, 1.82) is 0 Å². The summed E-state index contributed by atoms with van der Waals surface area (Å²) in [6.07, 6.45) is 17.8. The molecule has 158 valence electrons. The lowest BCUT2D eigenvalue weighted by atomic mass is 9.50. The minimum atomic E-state index is -0.106. The van der Waals surface area contributed by atoms with E-state index < -0.39 is 0 Å². The lowest BCUT2D eigenvalue weighted by Crippen LogP contribution is -2.46. The van der Waals surface area contributed by atoms with Crippen LogP contribution < -0.4 is 0 Å². The van der Waals surface area contributed by atoms with E-state index in [9.17, 15) is 5.11 Å². The fourth-order valence-corrected chi connectivity index (χ4v) is 8.01. The van der Waals surface area contributed by atoms with Crippen molar-refractivity contribution >= 4 is 0 Å². The Bertz CT molecular complexity index is 643. The van der Waals surface area contributed by atoms with Crippen LogP contribution in [0.4, 0.5) is 0 Å². The Morgan fingerprint density at radius 2 is 1.75 bits per heavy atom. The Morgan fingerprint density at radius 3 is 2.50 bits per heavy atom. The molecule has 4 aliphatic rings. The molecule has 1 nitrogen and oxygen atoms in total. The van der Waals surface area contributed by atoms with Crippen molar-refractivity contribution < 1.29 is 5.11 Å². The van der Waals surface area contributed by atoms with E-state index in [1.807, 2.05) is 0 Å². The van der Waals surface area contributed by atoms with E-state index in [-0.39, 0.29) is 6.10 Å². The third kappa shape index (κ3) is 3.34. The molecule has 1 N–H and O–H groups in total. The van der Waals surface area contributed by atoms with Crippen molar-refractivity contribution in [2.45, 2.75) is 105 Å². The van der Waals surface area contributed by atoms with Gasteiger partial charge < -0.3 is 5.11 Å². The third-order valence-corrected chi connectivity index (χ3v) is 9.75. The fraction of sp³-hybridized carbons (Fsp3) is 0.852. The topological polar surface area (TPSA) is 20.2 Å². The molecule has 0 saturated heterocycles. The smallest absolute Gasteiger partial charge is 0.0578 e. The molecule has 28 heavy (non-hydrogen) atoms. The zero-order valence-electron chi connectivity index (χ0n) is 19.1. The van der Waals surface area contributed by atoms with Crippen LogP contribution in [-0.2, 0) is 0 Å². The maximum absolute atomic E-state index is 10.2. The molecular weight excluding hydrogens is 340 g/mol. The molecule has 0 aromatic rings. The van der Waals surface area contributed by atoms with Crippen LogP contribution in [0.2, 0.25) is 0 Å². The Labute approximate surface area is 174 Å². The summed E-state index contributed by atoms with van der Waals surface area (Å²) in [5.74, 6) is 4.19. The van der Waals surface area contributed by atoms with E-state index >= 15 is 0 Å². The van der Waals surface area contributed by atoms with Gasteiger partial charge in [0.25, 0.3) is 0 Å². The molecule has 0 bridgehead atoms.